The third-order valence-corrected chi connectivity index (χ3v) is 7.40. The number of halogens is 2. The van der Waals surface area contributed by atoms with Crippen LogP contribution in [0.3, 0.4) is 0 Å². The predicted molar refractivity (Wildman–Crippen MR) is 136 cm³/mol. The minimum Gasteiger partial charge on any atom is -0.497 e. The van der Waals surface area contributed by atoms with Crippen molar-refractivity contribution in [1.29, 1.82) is 0 Å². The Morgan fingerprint density at radius 2 is 1.71 bits per heavy atom. The lowest BCUT2D eigenvalue weighted by molar-refractivity contribution is 0.102. The van der Waals surface area contributed by atoms with Crippen molar-refractivity contribution in [3.8, 4) is 17.0 Å². The van der Waals surface area contributed by atoms with Crippen molar-refractivity contribution >= 4 is 61.3 Å². The van der Waals surface area contributed by atoms with E-state index in [4.69, 9.17) is 27.9 Å². The zero-order chi connectivity index (χ0) is 24.3. The van der Waals surface area contributed by atoms with Gasteiger partial charge in [0.2, 0.25) is 0 Å². The van der Waals surface area contributed by atoms with Crippen LogP contribution >= 0.6 is 34.5 Å². The molecule has 1 aromatic heterocycles. The maximum absolute atomic E-state index is 12.6. The molecule has 34 heavy (non-hydrogen) atoms. The first kappa shape index (κ1) is 24.0. The van der Waals surface area contributed by atoms with Gasteiger partial charge in [0.25, 0.3) is 15.9 Å². The maximum Gasteiger partial charge on any atom is 0.261 e. The van der Waals surface area contributed by atoms with E-state index < -0.39 is 10.0 Å². The normalized spacial score (nSPS) is 11.1. The second kappa shape index (κ2) is 10.0. The number of hydrogen-bond donors (Lipinski definition) is 2. The van der Waals surface area contributed by atoms with Gasteiger partial charge >= 0.3 is 0 Å². The van der Waals surface area contributed by atoms with Crippen molar-refractivity contribution in [2.75, 3.05) is 17.1 Å². The maximum atomic E-state index is 12.6. The fraction of sp³-hybridized carbons (Fsp3) is 0.0435. The molecule has 0 aliphatic heterocycles. The van der Waals surface area contributed by atoms with Crippen molar-refractivity contribution in [2.45, 2.75) is 4.90 Å². The lowest BCUT2D eigenvalue weighted by atomic mass is 10.2. The Hall–Kier alpha value is -3.11. The first-order valence-electron chi connectivity index (χ1n) is 9.74. The number of rotatable bonds is 7. The Morgan fingerprint density at radius 3 is 2.35 bits per heavy atom. The molecule has 0 saturated heterocycles. The number of thiazole rings is 1. The van der Waals surface area contributed by atoms with Crippen LogP contribution in [0.25, 0.3) is 11.3 Å². The number of methoxy groups -OCH3 is 1. The van der Waals surface area contributed by atoms with Crippen LogP contribution in [-0.2, 0) is 10.0 Å². The summed E-state index contributed by atoms with van der Waals surface area (Å²) in [6.45, 7) is 0. The van der Waals surface area contributed by atoms with Gasteiger partial charge in [0, 0.05) is 27.2 Å². The molecule has 7 nitrogen and oxygen atoms in total. The molecule has 4 aromatic rings. The number of hydrogen-bond acceptors (Lipinski definition) is 6. The Labute approximate surface area is 210 Å². The van der Waals surface area contributed by atoms with E-state index >= 15 is 0 Å². The fourth-order valence-electron chi connectivity index (χ4n) is 2.98. The number of nitrogens with one attached hydrogen (secondary N) is 2. The average Bonchev–Trinajstić information content (AvgIpc) is 3.27. The van der Waals surface area contributed by atoms with Crippen LogP contribution in [0.1, 0.15) is 10.4 Å². The van der Waals surface area contributed by atoms with Crippen LogP contribution in [0, 0.1) is 0 Å². The highest BCUT2D eigenvalue weighted by Gasteiger charge is 2.16. The summed E-state index contributed by atoms with van der Waals surface area (Å²) in [6.07, 6.45) is 0. The molecular formula is C23H17Cl2N3O4S2. The molecule has 0 atom stereocenters. The van der Waals surface area contributed by atoms with Crippen LogP contribution in [0.5, 0.6) is 5.75 Å². The fourth-order valence-corrected chi connectivity index (χ4v) is 5.25. The van der Waals surface area contributed by atoms with Crippen molar-refractivity contribution in [3.63, 3.8) is 0 Å². The molecule has 0 saturated carbocycles. The van der Waals surface area contributed by atoms with Gasteiger partial charge in [-0.25, -0.2) is 13.4 Å². The van der Waals surface area contributed by atoms with Crippen molar-refractivity contribution in [2.24, 2.45) is 0 Å². The highest BCUT2D eigenvalue weighted by molar-refractivity contribution is 7.92. The van der Waals surface area contributed by atoms with Crippen molar-refractivity contribution < 1.29 is 17.9 Å². The molecule has 0 unspecified atom stereocenters. The molecule has 0 bridgehead atoms. The second-order valence-corrected chi connectivity index (χ2v) is 10.4. The summed E-state index contributed by atoms with van der Waals surface area (Å²) < 4.78 is 32.7. The highest BCUT2D eigenvalue weighted by Crippen LogP contribution is 2.32. The average molecular weight is 534 g/mol. The molecule has 174 valence electrons. The first-order valence-corrected chi connectivity index (χ1v) is 12.9. The molecular weight excluding hydrogens is 517 g/mol. The summed E-state index contributed by atoms with van der Waals surface area (Å²) in [6, 6.07) is 17.2. The summed E-state index contributed by atoms with van der Waals surface area (Å²) in [4.78, 5) is 17.1. The smallest absolute Gasteiger partial charge is 0.261 e. The summed E-state index contributed by atoms with van der Waals surface area (Å²) in [5, 5.41) is 5.89. The van der Waals surface area contributed by atoms with Crippen molar-refractivity contribution in [1.82, 2.24) is 4.98 Å². The monoisotopic (exact) mass is 533 g/mol. The number of nitrogens with zero attached hydrogens (tertiary/aromatic N) is 1. The largest absolute Gasteiger partial charge is 0.497 e. The van der Waals surface area contributed by atoms with Gasteiger partial charge in [0.05, 0.1) is 22.7 Å². The molecule has 3 aromatic carbocycles. The Balaban J connectivity index is 1.43. The zero-order valence-corrected chi connectivity index (χ0v) is 20.7. The molecule has 0 aliphatic carbocycles. The van der Waals surface area contributed by atoms with Crippen LogP contribution in [0.2, 0.25) is 10.0 Å². The van der Waals surface area contributed by atoms with Crippen LogP contribution in [-0.4, -0.2) is 26.4 Å². The molecule has 1 amide bonds. The number of anilines is 2. The Kier molecular flexibility index (Phi) is 7.08. The summed E-state index contributed by atoms with van der Waals surface area (Å²) in [7, 11) is -2.28. The number of ether oxygens (including phenoxy) is 1. The second-order valence-electron chi connectivity index (χ2n) is 6.97. The molecule has 0 aliphatic rings. The third-order valence-electron chi connectivity index (χ3n) is 4.70. The third kappa shape index (κ3) is 5.51. The van der Waals surface area contributed by atoms with Gasteiger partial charge in [-0.2, -0.15) is 0 Å². The number of sulfonamides is 1. The SMILES string of the molecule is COc1ccc(S(=O)(=O)Nc2ccc(C(=O)Nc3nc(-c4ccc(Cl)cc4Cl)cs3)cc2)cc1. The number of aromatic nitrogens is 1. The van der Waals surface area contributed by atoms with E-state index in [2.05, 4.69) is 15.0 Å². The minimum absolute atomic E-state index is 0.0930. The van der Waals surface area contributed by atoms with Gasteiger partial charge in [-0.1, -0.05) is 23.2 Å². The molecule has 0 spiro atoms. The zero-order valence-electron chi connectivity index (χ0n) is 17.6. The van der Waals surface area contributed by atoms with Gasteiger partial charge in [-0.05, 0) is 66.7 Å². The van der Waals surface area contributed by atoms with E-state index in [0.717, 1.165) is 0 Å². The van der Waals surface area contributed by atoms with Crippen LogP contribution < -0.4 is 14.8 Å². The standard InChI is InChI=1S/C23H17Cl2N3O4S2/c1-32-17-7-9-18(10-8-17)34(30,31)28-16-5-2-14(3-6-16)22(29)27-23-26-21(13-33-23)19-11-4-15(24)12-20(19)25/h2-13,28H,1H3,(H,26,27,29). The van der Waals surface area contributed by atoms with Gasteiger partial charge in [-0.15, -0.1) is 11.3 Å². The number of amides is 1. The van der Waals surface area contributed by atoms with Crippen LogP contribution in [0.4, 0.5) is 10.8 Å². The lowest BCUT2D eigenvalue weighted by Gasteiger charge is -2.09. The Bertz CT molecular complexity index is 1440. The predicted octanol–water partition coefficient (Wildman–Crippen LogP) is 6.18. The summed E-state index contributed by atoms with van der Waals surface area (Å²) in [5.41, 5.74) is 1.98. The first-order chi connectivity index (χ1) is 16.2. The van der Waals surface area contributed by atoms with E-state index in [-0.39, 0.29) is 10.8 Å². The van der Waals surface area contributed by atoms with E-state index in [9.17, 15) is 13.2 Å². The Morgan fingerprint density at radius 1 is 1.00 bits per heavy atom. The van der Waals surface area contributed by atoms with E-state index in [0.29, 0.717) is 43.4 Å². The van der Waals surface area contributed by atoms with Gasteiger partial charge in [0.1, 0.15) is 5.75 Å². The molecule has 11 heteroatoms. The topological polar surface area (TPSA) is 97.4 Å². The summed E-state index contributed by atoms with van der Waals surface area (Å²) in [5.74, 6) is 0.172. The summed E-state index contributed by atoms with van der Waals surface area (Å²) >= 11 is 13.4. The number of carbonyl (C=O) groups excluding carboxylic acids is 1. The molecule has 2 N–H and O–H groups in total. The highest BCUT2D eigenvalue weighted by atomic mass is 35.5. The lowest BCUT2D eigenvalue weighted by Crippen LogP contribution is -2.14. The number of benzene rings is 3. The van der Waals surface area contributed by atoms with E-state index in [1.807, 2.05) is 0 Å². The van der Waals surface area contributed by atoms with Crippen molar-refractivity contribution in [3.05, 3.63) is 87.7 Å². The minimum atomic E-state index is -3.78. The molecule has 1 heterocycles. The quantitative estimate of drug-likeness (QED) is 0.295. The van der Waals surface area contributed by atoms with Gasteiger partial charge in [-0.3, -0.25) is 14.8 Å². The molecule has 4 rings (SSSR count). The number of carbonyl (C=O) groups is 1. The van der Waals surface area contributed by atoms with Crippen LogP contribution in [0.15, 0.2) is 77.0 Å². The van der Waals surface area contributed by atoms with E-state index in [1.54, 1.807) is 35.7 Å². The van der Waals surface area contributed by atoms with E-state index in [1.165, 1.54) is 54.8 Å². The van der Waals surface area contributed by atoms with Gasteiger partial charge < -0.3 is 4.74 Å². The molecule has 0 fully saturated rings. The molecule has 0 radical (unpaired) electrons. The van der Waals surface area contributed by atoms with Gasteiger partial charge in [0.15, 0.2) is 5.13 Å².